The van der Waals surface area contributed by atoms with E-state index in [1.165, 1.54) is 24.3 Å². The van der Waals surface area contributed by atoms with Gasteiger partial charge in [-0.2, -0.15) is 5.10 Å². The molecule has 0 heterocycles. The monoisotopic (exact) mass is 415 g/mol. The summed E-state index contributed by atoms with van der Waals surface area (Å²) in [5.74, 6) is 0.498. The van der Waals surface area contributed by atoms with E-state index in [2.05, 4.69) is 27.4 Å². The second-order valence-corrected chi connectivity index (χ2v) is 8.94. The Bertz CT molecular complexity index is 1100. The van der Waals surface area contributed by atoms with Crippen LogP contribution >= 0.6 is 11.6 Å². The second-order valence-electron chi connectivity index (χ2n) is 6.83. The van der Waals surface area contributed by atoms with Gasteiger partial charge in [-0.15, -0.1) is 0 Å². The third-order valence-corrected chi connectivity index (χ3v) is 6.56. The highest BCUT2D eigenvalue weighted by Gasteiger charge is 2.38. The summed E-state index contributed by atoms with van der Waals surface area (Å²) in [4.78, 5) is 12.4. The van der Waals surface area contributed by atoms with Gasteiger partial charge in [0.15, 0.2) is 0 Å². The van der Waals surface area contributed by atoms with Crippen LogP contribution in [-0.4, -0.2) is 20.0 Å². The first-order valence-corrected chi connectivity index (χ1v) is 10.7. The number of nitrogens with one attached hydrogen (secondary N) is 2. The largest absolute Gasteiger partial charge is 0.280 e. The van der Waals surface area contributed by atoms with E-state index in [4.69, 9.17) is 11.6 Å². The van der Waals surface area contributed by atoms with Crippen molar-refractivity contribution < 1.29 is 13.2 Å². The molecule has 0 unspecified atom stereocenters. The lowest BCUT2D eigenvalue weighted by Crippen LogP contribution is -2.35. The van der Waals surface area contributed by atoms with Crippen LogP contribution in [0, 0.1) is 11.8 Å². The van der Waals surface area contributed by atoms with E-state index >= 15 is 0 Å². The van der Waals surface area contributed by atoms with Crippen LogP contribution in [0.3, 0.4) is 0 Å². The lowest BCUT2D eigenvalue weighted by Gasteiger charge is -2.31. The third-order valence-electron chi connectivity index (χ3n) is 4.95. The van der Waals surface area contributed by atoms with E-state index in [1.807, 2.05) is 0 Å². The predicted molar refractivity (Wildman–Crippen MR) is 109 cm³/mol. The zero-order valence-electron chi connectivity index (χ0n) is 14.8. The standard InChI is InChI=1S/C20H18ClN3O3S/c21-15-6-3-7-16(12-15)24-28(26,27)17-8-1-5-14(10-17)20(25)23-22-19-11-13-4-2-9-18(13)19/h1-8,10,12-13,18,24H,9,11H2,(H,23,25)/b22-19-/t13-,18-/m1/s1. The number of carbonyl (C=O) groups excluding carboxylic acids is 1. The minimum atomic E-state index is -3.86. The molecular weight excluding hydrogens is 398 g/mol. The van der Waals surface area contributed by atoms with Gasteiger partial charge in [-0.1, -0.05) is 35.9 Å². The molecule has 0 aromatic heterocycles. The first-order chi connectivity index (χ1) is 13.4. The molecule has 4 rings (SSSR count). The maximum absolute atomic E-state index is 12.6. The molecule has 0 aliphatic heterocycles. The Hall–Kier alpha value is -2.64. The van der Waals surface area contributed by atoms with E-state index in [0.29, 0.717) is 22.5 Å². The van der Waals surface area contributed by atoms with E-state index in [9.17, 15) is 13.2 Å². The molecule has 0 bridgehead atoms. The van der Waals surface area contributed by atoms with E-state index in [1.54, 1.807) is 24.3 Å². The number of fused-ring (bicyclic) bond motifs is 1. The van der Waals surface area contributed by atoms with Gasteiger partial charge < -0.3 is 0 Å². The van der Waals surface area contributed by atoms with Gasteiger partial charge in [-0.25, -0.2) is 13.8 Å². The zero-order valence-corrected chi connectivity index (χ0v) is 16.4. The summed E-state index contributed by atoms with van der Waals surface area (Å²) in [5.41, 5.74) is 4.09. The molecule has 0 saturated heterocycles. The van der Waals surface area contributed by atoms with Crippen LogP contribution in [0.25, 0.3) is 0 Å². The molecule has 0 radical (unpaired) electrons. The Balaban J connectivity index is 1.47. The van der Waals surface area contributed by atoms with Crippen molar-refractivity contribution >= 4 is 38.9 Å². The number of sulfonamides is 1. The van der Waals surface area contributed by atoms with Gasteiger partial charge in [0.25, 0.3) is 15.9 Å². The van der Waals surface area contributed by atoms with Crippen molar-refractivity contribution in [1.82, 2.24) is 5.43 Å². The molecule has 2 aromatic rings. The van der Waals surface area contributed by atoms with Crippen LogP contribution in [0.15, 0.2) is 70.7 Å². The number of rotatable bonds is 5. The molecule has 2 atom stereocenters. The third kappa shape index (κ3) is 3.81. The maximum atomic E-state index is 12.6. The van der Waals surface area contributed by atoms with Crippen molar-refractivity contribution in [2.24, 2.45) is 16.9 Å². The minimum Gasteiger partial charge on any atom is -0.280 e. The molecule has 1 amide bonds. The second kappa shape index (κ2) is 7.41. The average Bonchev–Trinajstić information content (AvgIpc) is 3.02. The Kier molecular flexibility index (Phi) is 4.95. The fourth-order valence-electron chi connectivity index (χ4n) is 3.42. The number of benzene rings is 2. The summed E-state index contributed by atoms with van der Waals surface area (Å²) in [7, 11) is -3.86. The van der Waals surface area contributed by atoms with Crippen LogP contribution in [0.5, 0.6) is 0 Å². The van der Waals surface area contributed by atoms with Crippen molar-refractivity contribution in [3.05, 3.63) is 71.3 Å². The topological polar surface area (TPSA) is 87.6 Å². The molecule has 2 N–H and O–H groups in total. The molecule has 6 nitrogen and oxygen atoms in total. The van der Waals surface area contributed by atoms with E-state index in [0.717, 1.165) is 18.6 Å². The Morgan fingerprint density at radius 2 is 1.96 bits per heavy atom. The lowest BCUT2D eigenvalue weighted by atomic mass is 9.74. The Morgan fingerprint density at radius 1 is 1.14 bits per heavy atom. The molecule has 8 heteroatoms. The number of nitrogens with zero attached hydrogens (tertiary/aromatic N) is 1. The van der Waals surface area contributed by atoms with Gasteiger partial charge in [0.05, 0.1) is 10.6 Å². The van der Waals surface area contributed by atoms with Crippen LogP contribution in [0.1, 0.15) is 23.2 Å². The van der Waals surface area contributed by atoms with Crippen molar-refractivity contribution in [3.8, 4) is 0 Å². The molecule has 2 aliphatic carbocycles. The fourth-order valence-corrected chi connectivity index (χ4v) is 4.71. The summed E-state index contributed by atoms with van der Waals surface area (Å²) in [5, 5.41) is 4.63. The number of halogens is 1. The summed E-state index contributed by atoms with van der Waals surface area (Å²) < 4.78 is 27.7. The van der Waals surface area contributed by atoms with E-state index in [-0.39, 0.29) is 10.5 Å². The summed E-state index contributed by atoms with van der Waals surface area (Å²) >= 11 is 5.89. The van der Waals surface area contributed by atoms with Crippen molar-refractivity contribution in [2.75, 3.05) is 4.72 Å². The van der Waals surface area contributed by atoms with Crippen LogP contribution in [0.2, 0.25) is 5.02 Å². The van der Waals surface area contributed by atoms with Gasteiger partial charge >= 0.3 is 0 Å². The lowest BCUT2D eigenvalue weighted by molar-refractivity contribution is 0.0953. The number of hydrazone groups is 1. The summed E-state index contributed by atoms with van der Waals surface area (Å²) in [6.45, 7) is 0. The normalized spacial score (nSPS) is 21.8. The molecule has 28 heavy (non-hydrogen) atoms. The number of hydrogen-bond donors (Lipinski definition) is 2. The summed E-state index contributed by atoms with van der Waals surface area (Å²) in [6.07, 6.45) is 6.15. The Morgan fingerprint density at radius 3 is 2.75 bits per heavy atom. The van der Waals surface area contributed by atoms with Crippen molar-refractivity contribution in [3.63, 3.8) is 0 Å². The van der Waals surface area contributed by atoms with Crippen LogP contribution in [0.4, 0.5) is 5.69 Å². The quantitative estimate of drug-likeness (QED) is 0.574. The first-order valence-electron chi connectivity index (χ1n) is 8.84. The Labute approximate surface area is 168 Å². The highest BCUT2D eigenvalue weighted by atomic mass is 35.5. The van der Waals surface area contributed by atoms with Crippen LogP contribution < -0.4 is 10.1 Å². The smallest absolute Gasteiger partial charge is 0.271 e. The predicted octanol–water partition coefficient (Wildman–Crippen LogP) is 3.82. The number of allylic oxidation sites excluding steroid dienone is 2. The van der Waals surface area contributed by atoms with Gasteiger partial charge in [0.1, 0.15) is 0 Å². The molecule has 0 spiro atoms. The fraction of sp³-hybridized carbons (Fsp3) is 0.200. The average molecular weight is 416 g/mol. The molecule has 144 valence electrons. The number of anilines is 1. The number of amides is 1. The van der Waals surface area contributed by atoms with Crippen molar-refractivity contribution in [2.45, 2.75) is 17.7 Å². The highest BCUT2D eigenvalue weighted by Crippen LogP contribution is 2.40. The van der Waals surface area contributed by atoms with Gasteiger partial charge in [0.2, 0.25) is 0 Å². The first kappa shape index (κ1) is 18.7. The zero-order chi connectivity index (χ0) is 19.7. The number of carbonyl (C=O) groups is 1. The minimum absolute atomic E-state index is 0.0171. The molecule has 1 saturated carbocycles. The molecule has 2 aromatic carbocycles. The van der Waals surface area contributed by atoms with Crippen molar-refractivity contribution in [1.29, 1.82) is 0 Å². The molecule has 2 aliphatic rings. The SMILES string of the molecule is O=C(N/N=C1/C[C@H]2C=CC[C@@H]12)c1cccc(S(=O)(=O)Nc2cccc(Cl)c2)c1. The van der Waals surface area contributed by atoms with Gasteiger partial charge in [0, 0.05) is 22.2 Å². The van der Waals surface area contributed by atoms with Gasteiger partial charge in [-0.05, 0) is 55.2 Å². The summed E-state index contributed by atoms with van der Waals surface area (Å²) in [6, 6.07) is 12.2. The molecule has 1 fully saturated rings. The maximum Gasteiger partial charge on any atom is 0.271 e. The highest BCUT2D eigenvalue weighted by molar-refractivity contribution is 7.92. The number of hydrogen-bond acceptors (Lipinski definition) is 4. The molecular formula is C20H18ClN3O3S. The van der Waals surface area contributed by atoms with Gasteiger partial charge in [-0.3, -0.25) is 9.52 Å². The van der Waals surface area contributed by atoms with Crippen LogP contribution in [-0.2, 0) is 10.0 Å². The van der Waals surface area contributed by atoms with E-state index < -0.39 is 15.9 Å².